The monoisotopic (exact) mass is 248 g/mol. The van der Waals surface area contributed by atoms with E-state index in [1.807, 2.05) is 0 Å². The van der Waals surface area contributed by atoms with Crippen molar-refractivity contribution in [3.8, 4) is 0 Å². The molecule has 0 radical (unpaired) electrons. The molecule has 7 heteroatoms. The van der Waals surface area contributed by atoms with Crippen LogP contribution < -0.4 is 0 Å². The van der Waals surface area contributed by atoms with Gasteiger partial charge in [-0.05, 0) is 18.2 Å². The number of hydrogen-bond acceptors (Lipinski definition) is 3. The highest BCUT2D eigenvalue weighted by molar-refractivity contribution is 5.95. The number of carboxylic acids is 1. The summed E-state index contributed by atoms with van der Waals surface area (Å²) in [5.74, 6) is -2.66. The second kappa shape index (κ2) is 4.44. The van der Waals surface area contributed by atoms with Crippen LogP contribution >= 0.6 is 0 Å². The van der Waals surface area contributed by atoms with Crippen molar-refractivity contribution in [2.45, 2.75) is 6.18 Å². The Morgan fingerprint density at radius 3 is 2.29 bits per heavy atom. The highest BCUT2D eigenvalue weighted by Crippen LogP contribution is 2.32. The highest BCUT2D eigenvalue weighted by Gasteiger charge is 2.35. The molecule has 0 aliphatic carbocycles. The Morgan fingerprint density at radius 2 is 1.88 bits per heavy atom. The fourth-order valence-electron chi connectivity index (χ4n) is 1.21. The van der Waals surface area contributed by atoms with Gasteiger partial charge in [-0.2, -0.15) is 13.2 Å². The van der Waals surface area contributed by atoms with Gasteiger partial charge in [0.05, 0.1) is 23.8 Å². The van der Waals surface area contributed by atoms with E-state index in [9.17, 15) is 22.8 Å². The Balaban J connectivity index is 3.37. The van der Waals surface area contributed by atoms with Crippen LogP contribution in [0.4, 0.5) is 13.2 Å². The number of ether oxygens (including phenoxy) is 1. The van der Waals surface area contributed by atoms with Gasteiger partial charge in [0.2, 0.25) is 0 Å². The second-order valence-electron chi connectivity index (χ2n) is 3.05. The Hall–Kier alpha value is -2.05. The molecule has 0 aliphatic rings. The zero-order chi connectivity index (χ0) is 13.2. The first-order valence-electron chi connectivity index (χ1n) is 4.30. The van der Waals surface area contributed by atoms with Crippen molar-refractivity contribution >= 4 is 11.9 Å². The summed E-state index contributed by atoms with van der Waals surface area (Å²) in [5.41, 5.74) is -2.55. The molecular weight excluding hydrogens is 241 g/mol. The van der Waals surface area contributed by atoms with Crippen molar-refractivity contribution < 1.29 is 32.6 Å². The first kappa shape index (κ1) is 13.0. The molecule has 0 unspecified atom stereocenters. The van der Waals surface area contributed by atoms with Crippen LogP contribution in [0.1, 0.15) is 26.3 Å². The maximum atomic E-state index is 12.4. The SMILES string of the molecule is COC(=O)c1ccc(C(F)(F)F)c(C(=O)O)c1. The largest absolute Gasteiger partial charge is 0.478 e. The average Bonchev–Trinajstić information content (AvgIpc) is 2.25. The summed E-state index contributed by atoms with van der Waals surface area (Å²) in [7, 11) is 1.04. The van der Waals surface area contributed by atoms with E-state index in [1.165, 1.54) is 0 Å². The lowest BCUT2D eigenvalue weighted by Gasteiger charge is -2.10. The smallest absolute Gasteiger partial charge is 0.417 e. The Kier molecular flexibility index (Phi) is 3.40. The molecule has 0 fully saturated rings. The van der Waals surface area contributed by atoms with Crippen molar-refractivity contribution in [3.63, 3.8) is 0 Å². The van der Waals surface area contributed by atoms with Gasteiger partial charge in [0.25, 0.3) is 0 Å². The fourth-order valence-corrected chi connectivity index (χ4v) is 1.21. The zero-order valence-electron chi connectivity index (χ0n) is 8.54. The summed E-state index contributed by atoms with van der Waals surface area (Å²) >= 11 is 0. The maximum Gasteiger partial charge on any atom is 0.417 e. The molecule has 92 valence electrons. The summed E-state index contributed by atoms with van der Waals surface area (Å²) in [5, 5.41) is 8.66. The van der Waals surface area contributed by atoms with Gasteiger partial charge >= 0.3 is 18.1 Å². The summed E-state index contributed by atoms with van der Waals surface area (Å²) in [6, 6.07) is 2.04. The topological polar surface area (TPSA) is 63.6 Å². The molecular formula is C10H7F3O4. The lowest BCUT2D eigenvalue weighted by molar-refractivity contribution is -0.138. The third kappa shape index (κ3) is 2.74. The molecule has 0 bridgehead atoms. The van der Waals surface area contributed by atoms with E-state index in [4.69, 9.17) is 5.11 Å². The van der Waals surface area contributed by atoms with Gasteiger partial charge in [-0.15, -0.1) is 0 Å². The number of aromatic carboxylic acids is 1. The van der Waals surface area contributed by atoms with Crippen LogP contribution in [0.3, 0.4) is 0 Å². The second-order valence-corrected chi connectivity index (χ2v) is 3.05. The predicted octanol–water partition coefficient (Wildman–Crippen LogP) is 2.19. The zero-order valence-corrected chi connectivity index (χ0v) is 8.54. The van der Waals surface area contributed by atoms with Gasteiger partial charge < -0.3 is 9.84 Å². The first-order valence-corrected chi connectivity index (χ1v) is 4.30. The molecule has 4 nitrogen and oxygen atoms in total. The van der Waals surface area contributed by atoms with Gasteiger partial charge in [0, 0.05) is 0 Å². The number of carbonyl (C=O) groups is 2. The van der Waals surface area contributed by atoms with Crippen LogP contribution in [0, 0.1) is 0 Å². The van der Waals surface area contributed by atoms with Crippen LogP contribution in [0.2, 0.25) is 0 Å². The lowest BCUT2D eigenvalue weighted by Crippen LogP contribution is -2.14. The fraction of sp³-hybridized carbons (Fsp3) is 0.200. The van der Waals surface area contributed by atoms with Gasteiger partial charge in [-0.3, -0.25) is 0 Å². The first-order chi connectivity index (χ1) is 7.77. The van der Waals surface area contributed by atoms with E-state index < -0.39 is 29.2 Å². The lowest BCUT2D eigenvalue weighted by atomic mass is 10.0. The van der Waals surface area contributed by atoms with Gasteiger partial charge in [0.1, 0.15) is 0 Å². The standard InChI is InChI=1S/C10H7F3O4/c1-17-9(16)5-2-3-7(10(11,12)13)6(4-5)8(14)15/h2-4H,1H3,(H,14,15). The number of alkyl halides is 3. The van der Waals surface area contributed by atoms with E-state index in [0.717, 1.165) is 13.2 Å². The van der Waals surface area contributed by atoms with E-state index in [0.29, 0.717) is 12.1 Å². The van der Waals surface area contributed by atoms with Gasteiger partial charge in [-0.1, -0.05) is 0 Å². The van der Waals surface area contributed by atoms with Crippen molar-refractivity contribution in [3.05, 3.63) is 34.9 Å². The predicted molar refractivity (Wildman–Crippen MR) is 49.7 cm³/mol. The summed E-state index contributed by atoms with van der Waals surface area (Å²) < 4.78 is 41.6. The number of esters is 1. The average molecular weight is 248 g/mol. The number of methoxy groups -OCH3 is 1. The van der Waals surface area contributed by atoms with Gasteiger partial charge in [-0.25, -0.2) is 9.59 Å². The summed E-state index contributed by atoms with van der Waals surface area (Å²) in [6.45, 7) is 0. The minimum atomic E-state index is -4.79. The minimum Gasteiger partial charge on any atom is -0.478 e. The molecule has 0 atom stereocenters. The molecule has 0 heterocycles. The highest BCUT2D eigenvalue weighted by atomic mass is 19.4. The van der Waals surface area contributed by atoms with Crippen molar-refractivity contribution in [1.29, 1.82) is 0 Å². The van der Waals surface area contributed by atoms with Crippen molar-refractivity contribution in [2.75, 3.05) is 7.11 Å². The normalized spacial score (nSPS) is 11.1. The molecule has 0 spiro atoms. The summed E-state index contributed by atoms with van der Waals surface area (Å²) in [6.07, 6.45) is -4.79. The molecule has 1 rings (SSSR count). The van der Waals surface area contributed by atoms with Gasteiger partial charge in [0.15, 0.2) is 0 Å². The number of hydrogen-bond donors (Lipinski definition) is 1. The van der Waals surface area contributed by atoms with Crippen molar-refractivity contribution in [1.82, 2.24) is 0 Å². The third-order valence-electron chi connectivity index (χ3n) is 1.98. The Labute approximate surface area is 93.6 Å². The number of rotatable bonds is 2. The van der Waals surface area contributed by atoms with Crippen LogP contribution in [0.5, 0.6) is 0 Å². The number of carboxylic acid groups (broad SMARTS) is 1. The molecule has 0 aromatic heterocycles. The molecule has 17 heavy (non-hydrogen) atoms. The molecule has 0 saturated heterocycles. The van der Waals surface area contributed by atoms with E-state index in [-0.39, 0.29) is 5.56 Å². The van der Waals surface area contributed by atoms with Crippen LogP contribution in [0.25, 0.3) is 0 Å². The molecule has 0 saturated carbocycles. The van der Waals surface area contributed by atoms with E-state index >= 15 is 0 Å². The number of benzene rings is 1. The number of carbonyl (C=O) groups excluding carboxylic acids is 1. The quantitative estimate of drug-likeness (QED) is 0.815. The molecule has 1 aromatic rings. The Morgan fingerprint density at radius 1 is 1.29 bits per heavy atom. The van der Waals surface area contributed by atoms with Crippen LogP contribution in [-0.2, 0) is 10.9 Å². The molecule has 0 amide bonds. The minimum absolute atomic E-state index is 0.252. The van der Waals surface area contributed by atoms with Crippen molar-refractivity contribution in [2.24, 2.45) is 0 Å². The molecule has 0 aliphatic heterocycles. The molecule has 1 aromatic carbocycles. The van der Waals surface area contributed by atoms with E-state index in [1.54, 1.807) is 0 Å². The Bertz CT molecular complexity index is 465. The maximum absolute atomic E-state index is 12.4. The van der Waals surface area contributed by atoms with Crippen LogP contribution in [0.15, 0.2) is 18.2 Å². The number of halogens is 3. The summed E-state index contributed by atoms with van der Waals surface area (Å²) in [4.78, 5) is 21.7. The van der Waals surface area contributed by atoms with Crippen LogP contribution in [-0.4, -0.2) is 24.2 Å². The molecule has 1 N–H and O–H groups in total. The third-order valence-corrected chi connectivity index (χ3v) is 1.98. The van der Waals surface area contributed by atoms with E-state index in [2.05, 4.69) is 4.74 Å².